The van der Waals surface area contributed by atoms with Gasteiger partial charge < -0.3 is 5.73 Å². The van der Waals surface area contributed by atoms with Gasteiger partial charge in [0.15, 0.2) is 0 Å². The van der Waals surface area contributed by atoms with Crippen LogP contribution < -0.4 is 5.73 Å². The van der Waals surface area contributed by atoms with Crippen LogP contribution in [0.15, 0.2) is 24.4 Å². The Balaban J connectivity index is 2.11. The van der Waals surface area contributed by atoms with Crippen molar-refractivity contribution in [2.75, 3.05) is 0 Å². The van der Waals surface area contributed by atoms with Crippen molar-refractivity contribution in [3.63, 3.8) is 0 Å². The Morgan fingerprint density at radius 2 is 2.26 bits per heavy atom. The Bertz CT molecular complexity index is 555. The highest BCUT2D eigenvalue weighted by molar-refractivity contribution is 6.31. The van der Waals surface area contributed by atoms with Crippen molar-refractivity contribution < 1.29 is 4.39 Å². The Kier molecular flexibility index (Phi) is 4.50. The van der Waals surface area contributed by atoms with Gasteiger partial charge in [0.1, 0.15) is 5.82 Å². The molecule has 0 aliphatic carbocycles. The minimum absolute atomic E-state index is 0.0950. The van der Waals surface area contributed by atoms with Crippen LogP contribution in [-0.4, -0.2) is 15.0 Å². The second-order valence-electron chi connectivity index (χ2n) is 4.47. The fourth-order valence-corrected chi connectivity index (χ4v) is 2.07. The van der Waals surface area contributed by atoms with Gasteiger partial charge >= 0.3 is 0 Å². The summed E-state index contributed by atoms with van der Waals surface area (Å²) in [5, 5.41) is 8.45. The summed E-state index contributed by atoms with van der Waals surface area (Å²) in [6.07, 6.45) is 3.67. The number of rotatable bonds is 5. The van der Waals surface area contributed by atoms with E-state index in [-0.39, 0.29) is 11.9 Å². The predicted octanol–water partition coefficient (Wildman–Crippen LogP) is 2.92. The van der Waals surface area contributed by atoms with Gasteiger partial charge in [-0.05, 0) is 24.1 Å². The molecule has 1 atom stereocenters. The summed E-state index contributed by atoms with van der Waals surface area (Å²) in [4.78, 5) is 0. The lowest BCUT2D eigenvalue weighted by Crippen LogP contribution is -2.10. The van der Waals surface area contributed by atoms with E-state index in [1.165, 1.54) is 12.1 Å². The number of halogens is 2. The average molecular weight is 283 g/mol. The van der Waals surface area contributed by atoms with Crippen molar-refractivity contribution >= 4 is 11.6 Å². The fourth-order valence-electron chi connectivity index (χ4n) is 1.84. The van der Waals surface area contributed by atoms with Crippen LogP contribution in [0.25, 0.3) is 0 Å². The molecule has 102 valence electrons. The lowest BCUT2D eigenvalue weighted by atomic mass is 10.1. The van der Waals surface area contributed by atoms with E-state index in [0.29, 0.717) is 11.6 Å². The highest BCUT2D eigenvalue weighted by Gasteiger charge is 2.10. The van der Waals surface area contributed by atoms with Crippen LogP contribution in [0.1, 0.15) is 37.1 Å². The zero-order valence-electron chi connectivity index (χ0n) is 10.7. The van der Waals surface area contributed by atoms with Crippen LogP contribution in [0.4, 0.5) is 4.39 Å². The fraction of sp³-hybridized carbons (Fsp3) is 0.385. The van der Waals surface area contributed by atoms with Crippen molar-refractivity contribution in [3.8, 4) is 0 Å². The molecule has 0 saturated heterocycles. The van der Waals surface area contributed by atoms with Gasteiger partial charge in [-0.15, -0.1) is 5.10 Å². The zero-order chi connectivity index (χ0) is 13.8. The van der Waals surface area contributed by atoms with E-state index in [4.69, 9.17) is 17.3 Å². The van der Waals surface area contributed by atoms with Gasteiger partial charge in [-0.2, -0.15) is 0 Å². The number of nitrogens with two attached hydrogens (primary N) is 1. The predicted molar refractivity (Wildman–Crippen MR) is 72.4 cm³/mol. The molecule has 2 aromatic rings. The molecule has 0 aliphatic rings. The molecular formula is C13H16ClFN4. The van der Waals surface area contributed by atoms with Crippen molar-refractivity contribution in [1.82, 2.24) is 15.0 Å². The summed E-state index contributed by atoms with van der Waals surface area (Å²) in [7, 11) is 0. The summed E-state index contributed by atoms with van der Waals surface area (Å²) in [6.45, 7) is 2.52. The molecule has 1 aromatic heterocycles. The molecule has 2 rings (SSSR count). The quantitative estimate of drug-likeness (QED) is 0.917. The molecule has 0 bridgehead atoms. The number of benzene rings is 1. The maximum atomic E-state index is 12.9. The SMILES string of the molecule is CCCC(N)c1cn(Cc2ccc(F)cc2Cl)nn1. The lowest BCUT2D eigenvalue weighted by molar-refractivity contribution is 0.615. The molecule has 0 fully saturated rings. The molecule has 0 spiro atoms. The molecule has 1 unspecified atom stereocenters. The molecule has 19 heavy (non-hydrogen) atoms. The molecule has 0 radical (unpaired) electrons. The van der Waals surface area contributed by atoms with Crippen LogP contribution in [0.5, 0.6) is 0 Å². The summed E-state index contributed by atoms with van der Waals surface area (Å²) in [6, 6.07) is 4.21. The van der Waals surface area contributed by atoms with E-state index in [2.05, 4.69) is 17.2 Å². The van der Waals surface area contributed by atoms with Gasteiger partial charge in [0.25, 0.3) is 0 Å². The molecule has 1 heterocycles. The van der Waals surface area contributed by atoms with Crippen LogP contribution in [0.3, 0.4) is 0 Å². The molecule has 6 heteroatoms. The van der Waals surface area contributed by atoms with Crippen LogP contribution in [-0.2, 0) is 6.54 Å². The number of hydrogen-bond donors (Lipinski definition) is 1. The standard InChI is InChI=1S/C13H16ClFN4/c1-2-3-12(16)13-8-19(18-17-13)7-9-4-5-10(15)6-11(9)14/h4-6,8,12H,2-3,7,16H2,1H3. The number of aromatic nitrogens is 3. The third-order valence-electron chi connectivity index (χ3n) is 2.88. The lowest BCUT2D eigenvalue weighted by Gasteiger charge is -2.05. The maximum absolute atomic E-state index is 12.9. The zero-order valence-corrected chi connectivity index (χ0v) is 11.4. The first-order chi connectivity index (χ1) is 9.10. The summed E-state index contributed by atoms with van der Waals surface area (Å²) < 4.78 is 14.6. The van der Waals surface area contributed by atoms with Gasteiger partial charge in [-0.3, -0.25) is 0 Å². The molecule has 0 aliphatic heterocycles. The van der Waals surface area contributed by atoms with E-state index in [1.54, 1.807) is 16.9 Å². The van der Waals surface area contributed by atoms with Crippen LogP contribution in [0, 0.1) is 5.82 Å². The molecule has 0 amide bonds. The largest absolute Gasteiger partial charge is 0.323 e. The Labute approximate surface area is 116 Å². The summed E-state index contributed by atoms with van der Waals surface area (Å²) in [5.41, 5.74) is 7.53. The van der Waals surface area contributed by atoms with Gasteiger partial charge in [0.05, 0.1) is 24.5 Å². The smallest absolute Gasteiger partial charge is 0.124 e. The van der Waals surface area contributed by atoms with Crippen molar-refractivity contribution in [3.05, 3.63) is 46.5 Å². The van der Waals surface area contributed by atoms with E-state index >= 15 is 0 Å². The van der Waals surface area contributed by atoms with E-state index in [9.17, 15) is 4.39 Å². The Morgan fingerprint density at radius 3 is 2.95 bits per heavy atom. The Morgan fingerprint density at radius 1 is 1.47 bits per heavy atom. The minimum Gasteiger partial charge on any atom is -0.323 e. The van der Waals surface area contributed by atoms with Crippen molar-refractivity contribution in [2.45, 2.75) is 32.4 Å². The van der Waals surface area contributed by atoms with Gasteiger partial charge in [-0.25, -0.2) is 9.07 Å². The normalized spacial score (nSPS) is 12.6. The van der Waals surface area contributed by atoms with Gasteiger partial charge in [0.2, 0.25) is 0 Å². The number of nitrogens with zero attached hydrogens (tertiary/aromatic N) is 3. The summed E-state index contributed by atoms with van der Waals surface area (Å²) in [5.74, 6) is -0.349. The number of hydrogen-bond acceptors (Lipinski definition) is 3. The third-order valence-corrected chi connectivity index (χ3v) is 3.24. The average Bonchev–Trinajstić information content (AvgIpc) is 2.82. The first-order valence-electron chi connectivity index (χ1n) is 6.19. The third kappa shape index (κ3) is 3.52. The second kappa shape index (κ2) is 6.12. The molecule has 2 N–H and O–H groups in total. The second-order valence-corrected chi connectivity index (χ2v) is 4.88. The summed E-state index contributed by atoms with van der Waals surface area (Å²) >= 11 is 5.97. The highest BCUT2D eigenvalue weighted by Crippen LogP contribution is 2.19. The first kappa shape index (κ1) is 14.0. The monoisotopic (exact) mass is 282 g/mol. The topological polar surface area (TPSA) is 56.7 Å². The van der Waals surface area contributed by atoms with E-state index in [0.717, 1.165) is 24.1 Å². The van der Waals surface area contributed by atoms with Gasteiger partial charge in [0, 0.05) is 5.02 Å². The highest BCUT2D eigenvalue weighted by atomic mass is 35.5. The van der Waals surface area contributed by atoms with Crippen molar-refractivity contribution in [1.29, 1.82) is 0 Å². The molecule has 1 aromatic carbocycles. The maximum Gasteiger partial charge on any atom is 0.124 e. The molecule has 0 saturated carbocycles. The molecule has 4 nitrogen and oxygen atoms in total. The van der Waals surface area contributed by atoms with Crippen LogP contribution >= 0.6 is 11.6 Å². The van der Waals surface area contributed by atoms with Crippen molar-refractivity contribution in [2.24, 2.45) is 5.73 Å². The van der Waals surface area contributed by atoms with E-state index < -0.39 is 0 Å². The minimum atomic E-state index is -0.349. The molecular weight excluding hydrogens is 267 g/mol. The first-order valence-corrected chi connectivity index (χ1v) is 6.57. The van der Waals surface area contributed by atoms with Crippen LogP contribution in [0.2, 0.25) is 5.02 Å². The van der Waals surface area contributed by atoms with Gasteiger partial charge in [-0.1, -0.05) is 36.2 Å². The Hall–Kier alpha value is -1.46. The van der Waals surface area contributed by atoms with E-state index in [1.807, 2.05) is 0 Å².